The Morgan fingerprint density at radius 1 is 1.30 bits per heavy atom. The van der Waals surface area contributed by atoms with E-state index in [0.717, 1.165) is 5.56 Å². The number of hydrogen-bond donors (Lipinski definition) is 1. The molecule has 0 spiro atoms. The van der Waals surface area contributed by atoms with Crippen LogP contribution in [0.1, 0.15) is 30.8 Å². The molecule has 1 N–H and O–H groups in total. The van der Waals surface area contributed by atoms with Crippen molar-refractivity contribution in [2.45, 2.75) is 26.4 Å². The van der Waals surface area contributed by atoms with Gasteiger partial charge >= 0.3 is 0 Å². The Hall–Kier alpha value is -2.70. The molecule has 0 aliphatic carbocycles. The van der Waals surface area contributed by atoms with E-state index in [2.05, 4.69) is 29.1 Å². The molecule has 0 unspecified atom stereocenters. The summed E-state index contributed by atoms with van der Waals surface area (Å²) in [5.74, 6) is 0.617. The number of rotatable bonds is 4. The molecular formula is C14H14N6. The molecule has 0 saturated carbocycles. The molecule has 0 aliphatic heterocycles. The standard InChI is InChI=1S/C14H14N6/c1-10(2)18-8-11-4-3-5-17-14(11)20-9-19-12(6-15)13(20)7-16/h3-5,9-10,18H,8H2,1-2H3. The Bertz CT molecular complexity index is 686. The smallest absolute Gasteiger partial charge is 0.177 e. The van der Waals surface area contributed by atoms with Crippen LogP contribution in [0.4, 0.5) is 0 Å². The van der Waals surface area contributed by atoms with Gasteiger partial charge in [-0.15, -0.1) is 0 Å². The normalized spacial score (nSPS) is 10.2. The Kier molecular flexibility index (Phi) is 4.09. The van der Waals surface area contributed by atoms with Crippen molar-refractivity contribution in [3.63, 3.8) is 0 Å². The van der Waals surface area contributed by atoms with Crippen LogP contribution in [0, 0.1) is 22.7 Å². The van der Waals surface area contributed by atoms with E-state index < -0.39 is 0 Å². The van der Waals surface area contributed by atoms with Crippen LogP contribution in [0.3, 0.4) is 0 Å². The zero-order valence-corrected chi connectivity index (χ0v) is 11.3. The van der Waals surface area contributed by atoms with Gasteiger partial charge in [-0.25, -0.2) is 9.97 Å². The molecule has 0 amide bonds. The summed E-state index contributed by atoms with van der Waals surface area (Å²) in [6, 6.07) is 8.03. The number of pyridine rings is 1. The van der Waals surface area contributed by atoms with Crippen LogP contribution in [0.25, 0.3) is 5.82 Å². The molecule has 0 bridgehead atoms. The first-order valence-electron chi connectivity index (χ1n) is 6.22. The van der Waals surface area contributed by atoms with Crippen LogP contribution < -0.4 is 5.32 Å². The van der Waals surface area contributed by atoms with E-state index in [4.69, 9.17) is 5.26 Å². The lowest BCUT2D eigenvalue weighted by atomic mass is 10.2. The lowest BCUT2D eigenvalue weighted by Gasteiger charge is -2.12. The van der Waals surface area contributed by atoms with Crippen LogP contribution in [0.2, 0.25) is 0 Å². The lowest BCUT2D eigenvalue weighted by Crippen LogP contribution is -2.23. The molecule has 0 saturated heterocycles. The summed E-state index contributed by atoms with van der Waals surface area (Å²) in [5, 5.41) is 21.4. The van der Waals surface area contributed by atoms with E-state index in [0.29, 0.717) is 18.4 Å². The molecule has 100 valence electrons. The molecule has 0 aromatic carbocycles. The number of nitriles is 2. The molecule has 6 nitrogen and oxygen atoms in total. The lowest BCUT2D eigenvalue weighted by molar-refractivity contribution is 0.586. The van der Waals surface area contributed by atoms with E-state index >= 15 is 0 Å². The van der Waals surface area contributed by atoms with Crippen LogP contribution in [0.5, 0.6) is 0 Å². The minimum atomic E-state index is 0.112. The maximum absolute atomic E-state index is 9.18. The third kappa shape index (κ3) is 2.66. The van der Waals surface area contributed by atoms with Gasteiger partial charge in [0.1, 0.15) is 24.3 Å². The second kappa shape index (κ2) is 5.96. The highest BCUT2D eigenvalue weighted by Gasteiger charge is 2.15. The number of aromatic nitrogens is 3. The average molecular weight is 266 g/mol. The Balaban J connectivity index is 2.46. The maximum Gasteiger partial charge on any atom is 0.177 e. The number of hydrogen-bond acceptors (Lipinski definition) is 5. The van der Waals surface area contributed by atoms with Crippen molar-refractivity contribution in [3.8, 4) is 18.0 Å². The van der Waals surface area contributed by atoms with Gasteiger partial charge < -0.3 is 5.32 Å². The highest BCUT2D eigenvalue weighted by molar-refractivity contribution is 5.44. The zero-order valence-electron chi connectivity index (χ0n) is 11.3. The molecule has 2 rings (SSSR count). The van der Waals surface area contributed by atoms with Crippen LogP contribution in [-0.4, -0.2) is 20.6 Å². The first-order valence-corrected chi connectivity index (χ1v) is 6.22. The largest absolute Gasteiger partial charge is 0.310 e. The fourth-order valence-electron chi connectivity index (χ4n) is 1.80. The Labute approximate surface area is 117 Å². The van der Waals surface area contributed by atoms with Crippen LogP contribution in [-0.2, 0) is 6.54 Å². The molecule has 0 radical (unpaired) electrons. The fourth-order valence-corrected chi connectivity index (χ4v) is 1.80. The summed E-state index contributed by atoms with van der Waals surface area (Å²) in [6.07, 6.45) is 3.11. The molecule has 2 aromatic rings. The van der Waals surface area contributed by atoms with E-state index in [1.807, 2.05) is 24.3 Å². The first-order chi connectivity index (χ1) is 9.67. The van der Waals surface area contributed by atoms with E-state index in [1.165, 1.54) is 6.33 Å². The zero-order chi connectivity index (χ0) is 14.5. The van der Waals surface area contributed by atoms with Gasteiger partial charge in [-0.1, -0.05) is 19.9 Å². The molecule has 20 heavy (non-hydrogen) atoms. The maximum atomic E-state index is 9.18. The molecular weight excluding hydrogens is 252 g/mol. The SMILES string of the molecule is CC(C)NCc1cccnc1-n1cnc(C#N)c1C#N. The summed E-state index contributed by atoms with van der Waals surface area (Å²) in [6.45, 7) is 4.75. The predicted molar refractivity (Wildman–Crippen MR) is 72.8 cm³/mol. The third-order valence-corrected chi connectivity index (χ3v) is 2.78. The van der Waals surface area contributed by atoms with E-state index in [1.54, 1.807) is 10.8 Å². The quantitative estimate of drug-likeness (QED) is 0.905. The van der Waals surface area contributed by atoms with Crippen molar-refractivity contribution in [1.82, 2.24) is 19.9 Å². The molecule has 2 aromatic heterocycles. The molecule has 0 fully saturated rings. The van der Waals surface area contributed by atoms with Gasteiger partial charge in [-0.05, 0) is 6.07 Å². The molecule has 0 aliphatic rings. The van der Waals surface area contributed by atoms with Crippen LogP contribution in [0.15, 0.2) is 24.7 Å². The van der Waals surface area contributed by atoms with Crippen molar-refractivity contribution in [1.29, 1.82) is 10.5 Å². The Morgan fingerprint density at radius 2 is 2.10 bits per heavy atom. The van der Waals surface area contributed by atoms with Gasteiger partial charge in [0.15, 0.2) is 11.4 Å². The molecule has 2 heterocycles. The second-order valence-corrected chi connectivity index (χ2v) is 4.56. The van der Waals surface area contributed by atoms with Gasteiger partial charge in [0.2, 0.25) is 0 Å². The van der Waals surface area contributed by atoms with Crippen LogP contribution >= 0.6 is 0 Å². The fraction of sp³-hybridized carbons (Fsp3) is 0.286. The number of imidazole rings is 1. The number of nitrogens with zero attached hydrogens (tertiary/aromatic N) is 5. The summed E-state index contributed by atoms with van der Waals surface area (Å²) < 4.78 is 1.55. The van der Waals surface area contributed by atoms with Crippen molar-refractivity contribution in [3.05, 3.63) is 41.6 Å². The topological polar surface area (TPSA) is 90.3 Å². The average Bonchev–Trinajstić information content (AvgIpc) is 2.88. The summed E-state index contributed by atoms with van der Waals surface area (Å²) in [5.41, 5.74) is 1.26. The van der Waals surface area contributed by atoms with Crippen molar-refractivity contribution in [2.75, 3.05) is 0 Å². The summed E-state index contributed by atoms with van der Waals surface area (Å²) in [7, 11) is 0. The number of nitrogens with one attached hydrogen (secondary N) is 1. The molecule has 0 atom stereocenters. The predicted octanol–water partition coefficient (Wildman–Crippen LogP) is 1.51. The van der Waals surface area contributed by atoms with Crippen molar-refractivity contribution >= 4 is 0 Å². The van der Waals surface area contributed by atoms with Gasteiger partial charge in [0.25, 0.3) is 0 Å². The Morgan fingerprint density at radius 3 is 2.75 bits per heavy atom. The van der Waals surface area contributed by atoms with E-state index in [9.17, 15) is 5.26 Å². The summed E-state index contributed by atoms with van der Waals surface area (Å²) in [4.78, 5) is 8.24. The van der Waals surface area contributed by atoms with Gasteiger partial charge in [0, 0.05) is 24.3 Å². The minimum Gasteiger partial charge on any atom is -0.310 e. The van der Waals surface area contributed by atoms with Crippen molar-refractivity contribution < 1.29 is 0 Å². The second-order valence-electron chi connectivity index (χ2n) is 4.56. The van der Waals surface area contributed by atoms with Gasteiger partial charge in [-0.3, -0.25) is 4.57 Å². The van der Waals surface area contributed by atoms with Crippen molar-refractivity contribution in [2.24, 2.45) is 0 Å². The van der Waals surface area contributed by atoms with E-state index in [-0.39, 0.29) is 11.4 Å². The highest BCUT2D eigenvalue weighted by atomic mass is 15.1. The molecule has 6 heteroatoms. The van der Waals surface area contributed by atoms with Gasteiger partial charge in [-0.2, -0.15) is 10.5 Å². The first kappa shape index (κ1) is 13.7. The summed E-state index contributed by atoms with van der Waals surface area (Å²) >= 11 is 0. The van der Waals surface area contributed by atoms with Gasteiger partial charge in [0.05, 0.1) is 0 Å². The third-order valence-electron chi connectivity index (χ3n) is 2.78. The monoisotopic (exact) mass is 266 g/mol. The minimum absolute atomic E-state index is 0.112. The highest BCUT2D eigenvalue weighted by Crippen LogP contribution is 2.16.